The largest absolute Gasteiger partial charge is 0.322 e. The van der Waals surface area contributed by atoms with Gasteiger partial charge in [0, 0.05) is 22.7 Å². The van der Waals surface area contributed by atoms with Crippen molar-refractivity contribution in [2.45, 2.75) is 13.8 Å². The number of amides is 1. The van der Waals surface area contributed by atoms with Gasteiger partial charge >= 0.3 is 0 Å². The SMILES string of the molecule is Cc1c(F)cccc1NC(=O)/C=C/c1ccc2c(C)n[nH]c2c1. The van der Waals surface area contributed by atoms with Crippen molar-refractivity contribution in [3.8, 4) is 0 Å². The molecule has 3 aromatic rings. The van der Waals surface area contributed by atoms with Gasteiger partial charge in [-0.05, 0) is 43.7 Å². The summed E-state index contributed by atoms with van der Waals surface area (Å²) in [6.45, 7) is 3.56. The van der Waals surface area contributed by atoms with Crippen LogP contribution in [0.1, 0.15) is 16.8 Å². The van der Waals surface area contributed by atoms with E-state index >= 15 is 0 Å². The zero-order chi connectivity index (χ0) is 16.4. The number of anilines is 1. The zero-order valence-electron chi connectivity index (χ0n) is 12.9. The number of aromatic amines is 1. The summed E-state index contributed by atoms with van der Waals surface area (Å²) >= 11 is 0. The zero-order valence-corrected chi connectivity index (χ0v) is 12.9. The molecule has 0 saturated heterocycles. The van der Waals surface area contributed by atoms with Crippen LogP contribution in [0.25, 0.3) is 17.0 Å². The second kappa shape index (κ2) is 6.04. The number of nitrogens with one attached hydrogen (secondary N) is 2. The molecule has 23 heavy (non-hydrogen) atoms. The normalized spacial score (nSPS) is 11.3. The third-order valence-corrected chi connectivity index (χ3v) is 3.73. The number of aryl methyl sites for hydroxylation is 1. The van der Waals surface area contributed by atoms with Gasteiger partial charge in [0.2, 0.25) is 5.91 Å². The minimum Gasteiger partial charge on any atom is -0.322 e. The maximum atomic E-state index is 13.5. The van der Waals surface area contributed by atoms with E-state index in [4.69, 9.17) is 0 Å². The van der Waals surface area contributed by atoms with Crippen LogP contribution in [-0.4, -0.2) is 16.1 Å². The Morgan fingerprint density at radius 3 is 2.91 bits per heavy atom. The maximum Gasteiger partial charge on any atom is 0.248 e. The van der Waals surface area contributed by atoms with E-state index < -0.39 is 0 Å². The monoisotopic (exact) mass is 309 g/mol. The molecule has 2 N–H and O–H groups in total. The molecule has 3 rings (SSSR count). The van der Waals surface area contributed by atoms with Crippen LogP contribution in [-0.2, 0) is 4.79 Å². The van der Waals surface area contributed by atoms with Gasteiger partial charge in [0.05, 0.1) is 11.2 Å². The summed E-state index contributed by atoms with van der Waals surface area (Å²) in [7, 11) is 0. The van der Waals surface area contributed by atoms with E-state index in [0.717, 1.165) is 22.2 Å². The summed E-state index contributed by atoms with van der Waals surface area (Å²) in [5.74, 6) is -0.647. The first-order valence-electron chi connectivity index (χ1n) is 7.23. The highest BCUT2D eigenvalue weighted by molar-refractivity contribution is 6.02. The lowest BCUT2D eigenvalue weighted by atomic mass is 10.1. The van der Waals surface area contributed by atoms with Gasteiger partial charge < -0.3 is 5.32 Å². The number of hydrogen-bond donors (Lipinski definition) is 2. The topological polar surface area (TPSA) is 57.8 Å². The van der Waals surface area contributed by atoms with E-state index in [1.54, 1.807) is 25.1 Å². The Kier molecular flexibility index (Phi) is 3.93. The average Bonchev–Trinajstić information content (AvgIpc) is 2.91. The van der Waals surface area contributed by atoms with Crippen molar-refractivity contribution in [2.24, 2.45) is 0 Å². The van der Waals surface area contributed by atoms with Crippen molar-refractivity contribution in [2.75, 3.05) is 5.32 Å². The number of hydrogen-bond acceptors (Lipinski definition) is 2. The summed E-state index contributed by atoms with van der Waals surface area (Å²) < 4.78 is 13.5. The fourth-order valence-electron chi connectivity index (χ4n) is 2.37. The van der Waals surface area contributed by atoms with Crippen LogP contribution >= 0.6 is 0 Å². The summed E-state index contributed by atoms with van der Waals surface area (Å²) in [4.78, 5) is 12.0. The Morgan fingerprint density at radius 1 is 1.26 bits per heavy atom. The van der Waals surface area contributed by atoms with Gasteiger partial charge in [0.25, 0.3) is 0 Å². The number of benzene rings is 2. The first-order valence-corrected chi connectivity index (χ1v) is 7.23. The fourth-order valence-corrected chi connectivity index (χ4v) is 2.37. The van der Waals surface area contributed by atoms with E-state index in [1.807, 2.05) is 25.1 Å². The fraction of sp³-hybridized carbons (Fsp3) is 0.111. The number of rotatable bonds is 3. The van der Waals surface area contributed by atoms with E-state index in [-0.39, 0.29) is 11.7 Å². The summed E-state index contributed by atoms with van der Waals surface area (Å²) in [5.41, 5.74) is 3.64. The molecular formula is C18H16FN3O. The number of H-pyrrole nitrogens is 1. The quantitative estimate of drug-likeness (QED) is 0.719. The first-order chi connectivity index (χ1) is 11.0. The average molecular weight is 309 g/mol. The molecule has 5 heteroatoms. The van der Waals surface area contributed by atoms with Gasteiger partial charge in [0.1, 0.15) is 5.82 Å². The highest BCUT2D eigenvalue weighted by Crippen LogP contribution is 2.19. The van der Waals surface area contributed by atoms with E-state index in [0.29, 0.717) is 11.3 Å². The second-order valence-corrected chi connectivity index (χ2v) is 5.35. The smallest absolute Gasteiger partial charge is 0.248 e. The van der Waals surface area contributed by atoms with Crippen molar-refractivity contribution in [3.63, 3.8) is 0 Å². The molecule has 4 nitrogen and oxygen atoms in total. The lowest BCUT2D eigenvalue weighted by molar-refractivity contribution is -0.111. The van der Waals surface area contributed by atoms with Crippen molar-refractivity contribution in [1.82, 2.24) is 10.2 Å². The number of nitrogens with zero attached hydrogens (tertiary/aromatic N) is 1. The van der Waals surface area contributed by atoms with Crippen LogP contribution < -0.4 is 5.32 Å². The van der Waals surface area contributed by atoms with Gasteiger partial charge in [-0.2, -0.15) is 5.10 Å². The molecule has 0 radical (unpaired) electrons. The number of aromatic nitrogens is 2. The van der Waals surface area contributed by atoms with Crippen LogP contribution in [0.15, 0.2) is 42.5 Å². The van der Waals surface area contributed by atoms with Crippen LogP contribution in [0.5, 0.6) is 0 Å². The summed E-state index contributed by atoms with van der Waals surface area (Å²) in [6, 6.07) is 10.4. The van der Waals surface area contributed by atoms with Gasteiger partial charge in [0.15, 0.2) is 0 Å². The third kappa shape index (κ3) is 3.13. The molecule has 1 heterocycles. The van der Waals surface area contributed by atoms with Crippen LogP contribution in [0.4, 0.5) is 10.1 Å². The Morgan fingerprint density at radius 2 is 2.09 bits per heavy atom. The Hall–Kier alpha value is -2.95. The Bertz CT molecular complexity index is 912. The lowest BCUT2D eigenvalue weighted by Gasteiger charge is -2.06. The van der Waals surface area contributed by atoms with E-state index in [2.05, 4.69) is 15.5 Å². The van der Waals surface area contributed by atoms with Gasteiger partial charge in [-0.15, -0.1) is 0 Å². The first kappa shape index (κ1) is 15.0. The number of carbonyl (C=O) groups excluding carboxylic acids is 1. The highest BCUT2D eigenvalue weighted by Gasteiger charge is 2.05. The van der Waals surface area contributed by atoms with Crippen molar-refractivity contribution < 1.29 is 9.18 Å². The van der Waals surface area contributed by atoms with Crippen LogP contribution in [0.3, 0.4) is 0 Å². The molecule has 0 bridgehead atoms. The molecule has 0 unspecified atom stereocenters. The predicted molar refractivity (Wildman–Crippen MR) is 89.6 cm³/mol. The van der Waals surface area contributed by atoms with Crippen molar-refractivity contribution in [3.05, 3.63) is 65.1 Å². The molecule has 0 fully saturated rings. The summed E-state index contributed by atoms with van der Waals surface area (Å²) in [5, 5.41) is 10.8. The molecule has 116 valence electrons. The molecule has 1 aromatic heterocycles. The molecule has 0 spiro atoms. The van der Waals surface area contributed by atoms with Crippen LogP contribution in [0, 0.1) is 19.7 Å². The van der Waals surface area contributed by atoms with Crippen molar-refractivity contribution in [1.29, 1.82) is 0 Å². The molecule has 0 aliphatic heterocycles. The van der Waals surface area contributed by atoms with Crippen molar-refractivity contribution >= 4 is 28.6 Å². The van der Waals surface area contributed by atoms with Gasteiger partial charge in [-0.1, -0.05) is 18.2 Å². The molecule has 2 aromatic carbocycles. The second-order valence-electron chi connectivity index (χ2n) is 5.35. The van der Waals surface area contributed by atoms with E-state index in [9.17, 15) is 9.18 Å². The highest BCUT2D eigenvalue weighted by atomic mass is 19.1. The minimum atomic E-state index is -0.341. The van der Waals surface area contributed by atoms with Gasteiger partial charge in [-0.3, -0.25) is 9.89 Å². The molecule has 0 aliphatic rings. The third-order valence-electron chi connectivity index (χ3n) is 3.73. The number of carbonyl (C=O) groups is 1. The Labute approximate surface area is 133 Å². The maximum absolute atomic E-state index is 13.5. The molecule has 0 aliphatic carbocycles. The van der Waals surface area contributed by atoms with Gasteiger partial charge in [-0.25, -0.2) is 4.39 Å². The number of halogens is 1. The minimum absolute atomic E-state index is 0.306. The van der Waals surface area contributed by atoms with Crippen LogP contribution in [0.2, 0.25) is 0 Å². The lowest BCUT2D eigenvalue weighted by Crippen LogP contribution is -2.09. The Balaban J connectivity index is 1.75. The molecular weight excluding hydrogens is 293 g/mol. The van der Waals surface area contributed by atoms with E-state index in [1.165, 1.54) is 12.1 Å². The number of fused-ring (bicyclic) bond motifs is 1. The summed E-state index contributed by atoms with van der Waals surface area (Å²) in [6.07, 6.45) is 3.13. The predicted octanol–water partition coefficient (Wildman–Crippen LogP) is 3.97. The molecule has 0 saturated carbocycles. The standard InChI is InChI=1S/C18H16FN3O/c1-11-15(19)4-3-5-16(11)20-18(23)9-7-13-6-8-14-12(2)21-22-17(14)10-13/h3-10H,1-2H3,(H,20,23)(H,21,22)/b9-7+. The molecule has 0 atom stereocenters. The molecule has 1 amide bonds.